The summed E-state index contributed by atoms with van der Waals surface area (Å²) in [5.41, 5.74) is 0.238. The zero-order chi connectivity index (χ0) is 21.4. The lowest BCUT2D eigenvalue weighted by Gasteiger charge is -2.35. The molecule has 2 heterocycles. The van der Waals surface area contributed by atoms with Crippen molar-refractivity contribution in [3.8, 4) is 11.5 Å². The Hall–Kier alpha value is -3.02. The molecule has 1 saturated heterocycles. The van der Waals surface area contributed by atoms with E-state index in [2.05, 4.69) is 0 Å². The average Bonchev–Trinajstić information content (AvgIpc) is 3.08. The number of carbonyl (C=O) groups excluding carboxylic acids is 2. The maximum absolute atomic E-state index is 13.1. The van der Waals surface area contributed by atoms with E-state index >= 15 is 0 Å². The number of amides is 1. The predicted molar refractivity (Wildman–Crippen MR) is 112 cm³/mol. The quantitative estimate of drug-likeness (QED) is 0.741. The second-order valence-electron chi connectivity index (χ2n) is 8.94. The molecule has 0 aliphatic carbocycles. The molecule has 4 rings (SSSR count). The molecule has 0 N–H and O–H groups in total. The van der Waals surface area contributed by atoms with E-state index in [0.717, 1.165) is 5.56 Å². The van der Waals surface area contributed by atoms with Crippen molar-refractivity contribution in [2.24, 2.45) is 0 Å². The monoisotopic (exact) mass is 409 g/mol. The summed E-state index contributed by atoms with van der Waals surface area (Å²) in [6.45, 7) is 6.73. The third-order valence-electron chi connectivity index (χ3n) is 5.28. The first-order valence-electron chi connectivity index (χ1n) is 10.2. The second-order valence-corrected chi connectivity index (χ2v) is 8.94. The summed E-state index contributed by atoms with van der Waals surface area (Å²) in [5.74, 6) is 1.02. The molecule has 0 aromatic heterocycles. The van der Waals surface area contributed by atoms with Gasteiger partial charge in [-0.05, 0) is 38.5 Å². The molecule has 0 saturated carbocycles. The maximum Gasteiger partial charge on any atom is 0.410 e. The van der Waals surface area contributed by atoms with Crippen LogP contribution in [0.25, 0.3) is 0 Å². The van der Waals surface area contributed by atoms with E-state index in [-0.39, 0.29) is 18.3 Å². The van der Waals surface area contributed by atoms with E-state index in [4.69, 9.17) is 14.2 Å². The van der Waals surface area contributed by atoms with Gasteiger partial charge in [0.2, 0.25) is 0 Å². The van der Waals surface area contributed by atoms with Gasteiger partial charge in [-0.2, -0.15) is 0 Å². The zero-order valence-corrected chi connectivity index (χ0v) is 17.6. The lowest BCUT2D eigenvalue weighted by molar-refractivity contribution is 0.0169. The Morgan fingerprint density at radius 2 is 1.90 bits per heavy atom. The number of hydrogen-bond donors (Lipinski definition) is 0. The van der Waals surface area contributed by atoms with Gasteiger partial charge < -0.3 is 19.1 Å². The number of ether oxygens (including phenoxy) is 3. The molecule has 2 aromatic rings. The lowest BCUT2D eigenvalue weighted by Crippen LogP contribution is -2.46. The van der Waals surface area contributed by atoms with Crippen molar-refractivity contribution >= 4 is 11.9 Å². The highest BCUT2D eigenvalue weighted by molar-refractivity contribution is 6.03. The maximum atomic E-state index is 13.1. The summed E-state index contributed by atoms with van der Waals surface area (Å²) in [6.07, 6.45) is 0.429. The van der Waals surface area contributed by atoms with Crippen LogP contribution in [-0.2, 0) is 11.3 Å². The van der Waals surface area contributed by atoms with Crippen molar-refractivity contribution in [1.29, 1.82) is 0 Å². The van der Waals surface area contributed by atoms with Crippen LogP contribution < -0.4 is 9.47 Å². The van der Waals surface area contributed by atoms with Gasteiger partial charge in [0.1, 0.15) is 34.9 Å². The Balaban J connectivity index is 1.49. The number of ketones is 1. The molecule has 0 bridgehead atoms. The Kier molecular flexibility index (Phi) is 5.18. The molecule has 158 valence electrons. The number of carbonyl (C=O) groups is 2. The standard InChI is InChI=1S/C24H27NO5/c1-23(2,3)30-22(27)25-13-12-24(16-25)14-18(26)21-19(10-7-11-20(21)29-24)28-15-17-8-5-4-6-9-17/h4-11H,12-16H2,1-3H3. The molecule has 2 aliphatic heterocycles. The molecular formula is C24H27NO5. The Bertz CT molecular complexity index is 950. The molecule has 0 radical (unpaired) electrons. The van der Waals surface area contributed by atoms with Gasteiger partial charge in [0.25, 0.3) is 0 Å². The highest BCUT2D eigenvalue weighted by Gasteiger charge is 2.48. The van der Waals surface area contributed by atoms with Gasteiger partial charge in [-0.15, -0.1) is 0 Å². The number of benzene rings is 2. The number of Topliss-reactive ketones (excluding diaryl/α,β-unsaturated/α-hetero) is 1. The van der Waals surface area contributed by atoms with Gasteiger partial charge in [-0.1, -0.05) is 36.4 Å². The SMILES string of the molecule is CC(C)(C)OC(=O)N1CCC2(CC(=O)c3c(OCc4ccccc4)cccc3O2)C1. The van der Waals surface area contributed by atoms with Crippen LogP contribution in [0.5, 0.6) is 11.5 Å². The van der Waals surface area contributed by atoms with Crippen molar-refractivity contribution < 1.29 is 23.8 Å². The summed E-state index contributed by atoms with van der Waals surface area (Å²) in [5, 5.41) is 0. The van der Waals surface area contributed by atoms with Gasteiger partial charge in [0.05, 0.1) is 13.0 Å². The van der Waals surface area contributed by atoms with Crippen LogP contribution >= 0.6 is 0 Å². The fraction of sp³-hybridized carbons (Fsp3) is 0.417. The summed E-state index contributed by atoms with van der Waals surface area (Å²) < 4.78 is 17.7. The number of fused-ring (bicyclic) bond motifs is 1. The molecule has 1 spiro atoms. The molecule has 1 atom stereocenters. The van der Waals surface area contributed by atoms with E-state index in [0.29, 0.717) is 43.2 Å². The normalized spacial score (nSPS) is 20.6. The molecule has 6 heteroatoms. The van der Waals surface area contributed by atoms with Gasteiger partial charge in [-0.3, -0.25) is 4.79 Å². The summed E-state index contributed by atoms with van der Waals surface area (Å²) in [7, 11) is 0. The molecule has 2 aliphatic rings. The third-order valence-corrected chi connectivity index (χ3v) is 5.28. The highest BCUT2D eigenvalue weighted by Crippen LogP contribution is 2.42. The zero-order valence-electron chi connectivity index (χ0n) is 17.6. The number of likely N-dealkylation sites (tertiary alicyclic amines) is 1. The van der Waals surface area contributed by atoms with Gasteiger partial charge in [0, 0.05) is 13.0 Å². The van der Waals surface area contributed by atoms with Crippen molar-refractivity contribution in [3.05, 3.63) is 59.7 Å². The van der Waals surface area contributed by atoms with Crippen LogP contribution in [0.2, 0.25) is 0 Å². The minimum absolute atomic E-state index is 0.0223. The van der Waals surface area contributed by atoms with Crippen molar-refractivity contribution in [2.45, 2.75) is 51.4 Å². The van der Waals surface area contributed by atoms with Crippen LogP contribution in [-0.4, -0.2) is 41.1 Å². The van der Waals surface area contributed by atoms with E-state index in [9.17, 15) is 9.59 Å². The van der Waals surface area contributed by atoms with E-state index in [1.807, 2.05) is 57.2 Å². The van der Waals surface area contributed by atoms with Crippen LogP contribution in [0.15, 0.2) is 48.5 Å². The first-order chi connectivity index (χ1) is 14.2. The molecular weight excluding hydrogens is 382 g/mol. The molecule has 30 heavy (non-hydrogen) atoms. The minimum atomic E-state index is -0.709. The number of hydrogen-bond acceptors (Lipinski definition) is 5. The van der Waals surface area contributed by atoms with Crippen molar-refractivity contribution in [1.82, 2.24) is 4.90 Å². The summed E-state index contributed by atoms with van der Waals surface area (Å²) in [6, 6.07) is 15.2. The lowest BCUT2D eigenvalue weighted by atomic mass is 9.89. The first-order valence-corrected chi connectivity index (χ1v) is 10.2. The molecule has 1 fully saturated rings. The Morgan fingerprint density at radius 1 is 1.13 bits per heavy atom. The fourth-order valence-corrected chi connectivity index (χ4v) is 3.93. The smallest absolute Gasteiger partial charge is 0.410 e. The first kappa shape index (κ1) is 20.3. The topological polar surface area (TPSA) is 65.1 Å². The third kappa shape index (κ3) is 4.27. The van der Waals surface area contributed by atoms with Gasteiger partial charge in [-0.25, -0.2) is 4.79 Å². The number of rotatable bonds is 3. The molecule has 1 unspecified atom stereocenters. The second kappa shape index (κ2) is 7.67. The summed E-state index contributed by atoms with van der Waals surface area (Å²) in [4.78, 5) is 27.1. The van der Waals surface area contributed by atoms with Gasteiger partial charge in [0.15, 0.2) is 5.78 Å². The van der Waals surface area contributed by atoms with Crippen LogP contribution in [0.4, 0.5) is 4.79 Å². The van der Waals surface area contributed by atoms with E-state index in [1.54, 1.807) is 17.0 Å². The molecule has 2 aromatic carbocycles. The van der Waals surface area contributed by atoms with Crippen LogP contribution in [0.3, 0.4) is 0 Å². The largest absolute Gasteiger partial charge is 0.488 e. The minimum Gasteiger partial charge on any atom is -0.488 e. The average molecular weight is 409 g/mol. The van der Waals surface area contributed by atoms with E-state index in [1.165, 1.54) is 0 Å². The highest BCUT2D eigenvalue weighted by atomic mass is 16.6. The molecule has 1 amide bonds. The fourth-order valence-electron chi connectivity index (χ4n) is 3.93. The van der Waals surface area contributed by atoms with Crippen LogP contribution in [0, 0.1) is 0 Å². The van der Waals surface area contributed by atoms with Crippen LogP contribution in [0.1, 0.15) is 49.5 Å². The summed E-state index contributed by atoms with van der Waals surface area (Å²) >= 11 is 0. The van der Waals surface area contributed by atoms with Gasteiger partial charge >= 0.3 is 6.09 Å². The van der Waals surface area contributed by atoms with Crippen molar-refractivity contribution in [3.63, 3.8) is 0 Å². The predicted octanol–water partition coefficient (Wildman–Crippen LogP) is 4.61. The molecule has 6 nitrogen and oxygen atoms in total. The van der Waals surface area contributed by atoms with E-state index < -0.39 is 11.2 Å². The van der Waals surface area contributed by atoms with Crippen molar-refractivity contribution in [2.75, 3.05) is 13.1 Å². The number of nitrogens with zero attached hydrogens (tertiary/aromatic N) is 1. The Morgan fingerprint density at radius 3 is 2.63 bits per heavy atom. The Labute approximate surface area is 176 Å².